The first-order valence-electron chi connectivity index (χ1n) is 7.17. The van der Waals surface area contributed by atoms with E-state index in [9.17, 15) is 0 Å². The molecule has 3 heteroatoms. The van der Waals surface area contributed by atoms with Crippen molar-refractivity contribution in [3.8, 4) is 0 Å². The molecule has 2 aliphatic carbocycles. The highest BCUT2D eigenvalue weighted by molar-refractivity contribution is 5.01. The highest BCUT2D eigenvalue weighted by Gasteiger charge is 2.46. The second-order valence-electron chi connectivity index (χ2n) is 5.57. The third kappa shape index (κ3) is 3.43. The molecule has 2 saturated carbocycles. The second-order valence-corrected chi connectivity index (χ2v) is 5.57. The smallest absolute Gasteiger partial charge is 0.0700 e. The minimum absolute atomic E-state index is 0.671. The van der Waals surface area contributed by atoms with Crippen LogP contribution in [-0.4, -0.2) is 39.5 Å². The van der Waals surface area contributed by atoms with Crippen LogP contribution < -0.4 is 5.32 Å². The monoisotopic (exact) mass is 241 g/mol. The molecule has 1 atom stereocenters. The normalized spacial score (nSPS) is 27.0. The molecule has 17 heavy (non-hydrogen) atoms. The Hall–Kier alpha value is -0.120. The topological polar surface area (TPSA) is 30.5 Å². The van der Waals surface area contributed by atoms with Crippen LogP contribution in [0.5, 0.6) is 0 Å². The Kier molecular flexibility index (Phi) is 5.26. The van der Waals surface area contributed by atoms with Crippen LogP contribution in [0.4, 0.5) is 0 Å². The molecule has 0 aliphatic heterocycles. The Bertz CT molecular complexity index is 214. The van der Waals surface area contributed by atoms with Crippen LogP contribution in [-0.2, 0) is 9.47 Å². The lowest BCUT2D eigenvalue weighted by molar-refractivity contribution is 0.0148. The molecule has 0 aromatic rings. The third-order valence-corrected chi connectivity index (χ3v) is 4.59. The summed E-state index contributed by atoms with van der Waals surface area (Å²) in [6, 6.07) is 0.772. The first-order chi connectivity index (χ1) is 8.37. The largest absolute Gasteiger partial charge is 0.382 e. The average Bonchev–Trinajstić information content (AvgIpc) is 2.37. The summed E-state index contributed by atoms with van der Waals surface area (Å²) in [6.45, 7) is 3.23. The van der Waals surface area contributed by atoms with Crippen LogP contribution in [0.2, 0.25) is 0 Å². The van der Waals surface area contributed by atoms with Gasteiger partial charge in [0.1, 0.15) is 0 Å². The Balaban J connectivity index is 1.56. The van der Waals surface area contributed by atoms with E-state index >= 15 is 0 Å². The van der Waals surface area contributed by atoms with Gasteiger partial charge in [-0.2, -0.15) is 0 Å². The Morgan fingerprint density at radius 2 is 1.88 bits per heavy atom. The first kappa shape index (κ1) is 13.3. The fourth-order valence-electron chi connectivity index (χ4n) is 3.42. The van der Waals surface area contributed by atoms with Gasteiger partial charge in [0.15, 0.2) is 0 Å². The van der Waals surface area contributed by atoms with Crippen molar-refractivity contribution in [2.75, 3.05) is 33.5 Å². The van der Waals surface area contributed by atoms with Gasteiger partial charge in [0, 0.05) is 19.7 Å². The number of ether oxygens (including phenoxy) is 2. The van der Waals surface area contributed by atoms with Crippen LogP contribution in [0.1, 0.15) is 44.9 Å². The van der Waals surface area contributed by atoms with E-state index in [2.05, 4.69) is 5.32 Å². The standard InChI is InChI=1S/C14H27NO2/c1-16-11-12-17-10-9-15-13-5-8-14(13)6-3-2-4-7-14/h13,15H,2-12H2,1H3. The number of methoxy groups -OCH3 is 1. The number of rotatable bonds is 7. The summed E-state index contributed by atoms with van der Waals surface area (Å²) < 4.78 is 10.4. The van der Waals surface area contributed by atoms with Crippen LogP contribution in [0.25, 0.3) is 0 Å². The number of nitrogens with one attached hydrogen (secondary N) is 1. The molecule has 0 heterocycles. The van der Waals surface area contributed by atoms with E-state index in [1.807, 2.05) is 0 Å². The Morgan fingerprint density at radius 1 is 1.06 bits per heavy atom. The van der Waals surface area contributed by atoms with Gasteiger partial charge in [0.05, 0.1) is 19.8 Å². The molecule has 0 bridgehead atoms. The Morgan fingerprint density at radius 3 is 2.53 bits per heavy atom. The molecule has 1 spiro atoms. The van der Waals surface area contributed by atoms with Crippen molar-refractivity contribution in [3.63, 3.8) is 0 Å². The zero-order chi connectivity index (χ0) is 12.0. The molecule has 2 aliphatic rings. The SMILES string of the molecule is COCCOCCNC1CCC12CCCCC2. The van der Waals surface area contributed by atoms with E-state index in [1.165, 1.54) is 44.9 Å². The molecule has 0 aromatic heterocycles. The van der Waals surface area contributed by atoms with E-state index < -0.39 is 0 Å². The van der Waals surface area contributed by atoms with Gasteiger partial charge in [0.2, 0.25) is 0 Å². The second kappa shape index (κ2) is 6.72. The van der Waals surface area contributed by atoms with Gasteiger partial charge >= 0.3 is 0 Å². The molecular weight excluding hydrogens is 214 g/mol. The number of hydrogen-bond acceptors (Lipinski definition) is 3. The van der Waals surface area contributed by atoms with Gasteiger partial charge < -0.3 is 14.8 Å². The van der Waals surface area contributed by atoms with Gasteiger partial charge in [0.25, 0.3) is 0 Å². The zero-order valence-corrected chi connectivity index (χ0v) is 11.2. The van der Waals surface area contributed by atoms with E-state index in [4.69, 9.17) is 9.47 Å². The lowest BCUT2D eigenvalue weighted by Gasteiger charge is -2.52. The third-order valence-electron chi connectivity index (χ3n) is 4.59. The lowest BCUT2D eigenvalue weighted by atomic mass is 9.57. The van der Waals surface area contributed by atoms with Crippen LogP contribution in [0.3, 0.4) is 0 Å². The summed E-state index contributed by atoms with van der Waals surface area (Å²) >= 11 is 0. The van der Waals surface area contributed by atoms with Crippen LogP contribution in [0.15, 0.2) is 0 Å². The molecule has 0 saturated heterocycles. The van der Waals surface area contributed by atoms with Gasteiger partial charge in [-0.3, -0.25) is 0 Å². The van der Waals surface area contributed by atoms with Gasteiger partial charge in [-0.25, -0.2) is 0 Å². The van der Waals surface area contributed by atoms with E-state index in [0.29, 0.717) is 18.6 Å². The predicted molar refractivity (Wildman–Crippen MR) is 69.2 cm³/mol. The average molecular weight is 241 g/mol. The molecule has 0 aromatic carbocycles. The minimum Gasteiger partial charge on any atom is -0.382 e. The summed E-state index contributed by atoms with van der Waals surface area (Å²) in [5, 5.41) is 3.69. The van der Waals surface area contributed by atoms with Crippen molar-refractivity contribution in [1.82, 2.24) is 5.32 Å². The van der Waals surface area contributed by atoms with Crippen molar-refractivity contribution in [3.05, 3.63) is 0 Å². The first-order valence-corrected chi connectivity index (χ1v) is 7.17. The quantitative estimate of drug-likeness (QED) is 0.694. The highest BCUT2D eigenvalue weighted by atomic mass is 16.5. The summed E-state index contributed by atoms with van der Waals surface area (Å²) in [6.07, 6.45) is 10.1. The number of hydrogen-bond donors (Lipinski definition) is 1. The molecule has 2 rings (SSSR count). The summed E-state index contributed by atoms with van der Waals surface area (Å²) in [5.41, 5.74) is 0.671. The van der Waals surface area contributed by atoms with E-state index in [0.717, 1.165) is 19.2 Å². The molecule has 2 fully saturated rings. The minimum atomic E-state index is 0.671. The fourth-order valence-corrected chi connectivity index (χ4v) is 3.42. The maximum absolute atomic E-state index is 5.48. The fraction of sp³-hybridized carbons (Fsp3) is 1.00. The molecule has 1 N–H and O–H groups in total. The van der Waals surface area contributed by atoms with Crippen LogP contribution in [0, 0.1) is 5.41 Å². The van der Waals surface area contributed by atoms with E-state index in [-0.39, 0.29) is 0 Å². The van der Waals surface area contributed by atoms with Crippen molar-refractivity contribution in [2.45, 2.75) is 51.0 Å². The van der Waals surface area contributed by atoms with Crippen LogP contribution >= 0.6 is 0 Å². The summed E-state index contributed by atoms with van der Waals surface area (Å²) in [4.78, 5) is 0. The highest BCUT2D eigenvalue weighted by Crippen LogP contribution is 2.51. The van der Waals surface area contributed by atoms with Crippen molar-refractivity contribution in [1.29, 1.82) is 0 Å². The van der Waals surface area contributed by atoms with Crippen molar-refractivity contribution in [2.24, 2.45) is 5.41 Å². The molecule has 100 valence electrons. The van der Waals surface area contributed by atoms with Gasteiger partial charge in [-0.15, -0.1) is 0 Å². The molecule has 3 nitrogen and oxygen atoms in total. The van der Waals surface area contributed by atoms with Crippen molar-refractivity contribution >= 4 is 0 Å². The maximum atomic E-state index is 5.48. The molecular formula is C14H27NO2. The molecule has 0 radical (unpaired) electrons. The van der Waals surface area contributed by atoms with E-state index in [1.54, 1.807) is 7.11 Å². The maximum Gasteiger partial charge on any atom is 0.0700 e. The Labute approximate surface area is 105 Å². The zero-order valence-electron chi connectivity index (χ0n) is 11.2. The predicted octanol–water partition coefficient (Wildman–Crippen LogP) is 2.35. The summed E-state index contributed by atoms with van der Waals surface area (Å²) in [7, 11) is 1.71. The summed E-state index contributed by atoms with van der Waals surface area (Å²) in [5.74, 6) is 0. The van der Waals surface area contributed by atoms with Crippen molar-refractivity contribution < 1.29 is 9.47 Å². The molecule has 0 amide bonds. The van der Waals surface area contributed by atoms with Gasteiger partial charge in [-0.05, 0) is 31.1 Å². The molecule has 1 unspecified atom stereocenters. The van der Waals surface area contributed by atoms with Gasteiger partial charge in [-0.1, -0.05) is 19.3 Å². The lowest BCUT2D eigenvalue weighted by Crippen LogP contribution is -2.54.